The number of ether oxygens (including phenoxy) is 8. The molecule has 0 spiro atoms. The van der Waals surface area contributed by atoms with Crippen molar-refractivity contribution in [2.24, 2.45) is 5.92 Å². The number of benzene rings is 7. The van der Waals surface area contributed by atoms with Crippen molar-refractivity contribution in [3.63, 3.8) is 0 Å². The van der Waals surface area contributed by atoms with E-state index in [9.17, 15) is 9.90 Å². The minimum Gasteiger partial charge on any atom is -0.497 e. The molecular weight excluding hydrogens is 1610 g/mol. The number of anilines is 1. The van der Waals surface area contributed by atoms with Gasteiger partial charge < -0.3 is 94.8 Å². The van der Waals surface area contributed by atoms with E-state index in [1.54, 1.807) is 106 Å². The predicted molar refractivity (Wildman–Crippen MR) is 461 cm³/mol. The molecule has 0 saturated carbocycles. The number of carbonyl (C=O) groups is 8. The minimum atomic E-state index is -3.20. The van der Waals surface area contributed by atoms with Gasteiger partial charge in [0.15, 0.2) is 28.1 Å². The first-order valence-corrected chi connectivity index (χ1v) is 46.0. The van der Waals surface area contributed by atoms with Gasteiger partial charge in [0.05, 0.1) is 82.9 Å². The van der Waals surface area contributed by atoms with Gasteiger partial charge in [0, 0.05) is 24.2 Å². The number of carbonyl (C=O) groups excluding carboxylic acids is 8. The summed E-state index contributed by atoms with van der Waals surface area (Å²) in [6.45, 7) is 27.6. The maximum atomic E-state index is 16.8. The zero-order valence-electron chi connectivity index (χ0n) is 71.7. The Bertz CT molecular complexity index is 4950. The van der Waals surface area contributed by atoms with Crippen LogP contribution < -0.4 is 76.1 Å². The van der Waals surface area contributed by atoms with E-state index in [2.05, 4.69) is 37.2 Å². The molecule has 28 nitrogen and oxygen atoms in total. The number of hydrogen-bond acceptors (Lipinski definition) is 20. The first-order valence-electron chi connectivity index (χ1n) is 39.5. The maximum absolute atomic E-state index is 16.8. The number of rotatable bonds is 20. The quantitative estimate of drug-likeness (QED) is 0.0253. The molecule has 8 amide bonds. The van der Waals surface area contributed by atoms with Crippen LogP contribution in [0.2, 0.25) is 46.3 Å². The van der Waals surface area contributed by atoms with E-state index in [0.717, 1.165) is 4.90 Å². The van der Waals surface area contributed by atoms with Crippen molar-refractivity contribution in [3.8, 4) is 62.9 Å². The molecule has 5 aliphatic rings. The van der Waals surface area contributed by atoms with Gasteiger partial charge in [-0.3, -0.25) is 38.5 Å². The summed E-state index contributed by atoms with van der Waals surface area (Å²) >= 11 is 14.9. The van der Waals surface area contributed by atoms with Crippen LogP contribution in [0.25, 0.3) is 11.1 Å². The molecule has 11 bridgehead atoms. The summed E-state index contributed by atoms with van der Waals surface area (Å²) in [5.41, 5.74) is 8.22. The van der Waals surface area contributed by atoms with Crippen LogP contribution in [0.5, 0.6) is 51.7 Å². The molecule has 10 N–H and O–H groups in total. The molecule has 12 rings (SSSR count). The Morgan fingerprint density at radius 3 is 1.53 bits per heavy atom. The molecule has 0 saturated heterocycles. The van der Waals surface area contributed by atoms with Crippen LogP contribution in [0, 0.1) is 5.92 Å². The molecular formula is C88H111Cl2N9O19Si2. The molecule has 0 unspecified atom stereocenters. The number of nitrogen functional groups attached to an aromatic ring is 1. The summed E-state index contributed by atoms with van der Waals surface area (Å²) in [6, 6.07) is 20.1. The number of nitrogens with one attached hydrogen (secondary N) is 7. The molecule has 0 fully saturated rings. The van der Waals surface area contributed by atoms with E-state index >= 15 is 33.6 Å². The first kappa shape index (κ1) is 91.7. The van der Waals surface area contributed by atoms with Crippen LogP contribution in [0.3, 0.4) is 0 Å². The average Bonchev–Trinajstić information content (AvgIpc) is 0.760. The number of likely N-dealkylation sites (N-methyl/N-ethyl adjacent to an activating group) is 1. The summed E-state index contributed by atoms with van der Waals surface area (Å²) in [7, 11) is 2.35. The van der Waals surface area contributed by atoms with Crippen molar-refractivity contribution < 1.29 is 90.2 Å². The summed E-state index contributed by atoms with van der Waals surface area (Å²) in [5.74, 6) is -6.29. The Balaban J connectivity index is 1.26. The fourth-order valence-electron chi connectivity index (χ4n) is 13.7. The van der Waals surface area contributed by atoms with E-state index in [1.165, 1.54) is 85.1 Å². The highest BCUT2D eigenvalue weighted by Gasteiger charge is 2.49. The fraction of sp³-hybridized carbons (Fsp3) is 0.432. The van der Waals surface area contributed by atoms with E-state index in [4.69, 9.17) is 75.7 Å². The Morgan fingerprint density at radius 1 is 0.550 bits per heavy atom. The third-order valence-corrected chi connectivity index (χ3v) is 31.9. The normalized spacial score (nSPS) is 19.5. The lowest BCUT2D eigenvalue weighted by atomic mass is 9.89. The molecule has 5 aliphatic heterocycles. The van der Waals surface area contributed by atoms with Crippen LogP contribution in [-0.2, 0) is 47.2 Å². The summed E-state index contributed by atoms with van der Waals surface area (Å²) < 4.78 is 63.0. The number of aliphatic hydroxyl groups excluding tert-OH is 1. The van der Waals surface area contributed by atoms with Gasteiger partial charge in [-0.2, -0.15) is 0 Å². The van der Waals surface area contributed by atoms with Gasteiger partial charge in [-0.1, -0.05) is 121 Å². The van der Waals surface area contributed by atoms with Crippen LogP contribution in [0.4, 0.5) is 10.5 Å². The van der Waals surface area contributed by atoms with Crippen molar-refractivity contribution in [2.75, 3.05) is 54.9 Å². The van der Waals surface area contributed by atoms with Crippen LogP contribution in [-0.4, -0.2) is 153 Å². The second-order valence-corrected chi connectivity index (χ2v) is 44.8. The molecule has 9 atom stereocenters. The highest BCUT2D eigenvalue weighted by atomic mass is 35.5. The van der Waals surface area contributed by atoms with Crippen LogP contribution in [0.15, 0.2) is 127 Å². The molecule has 5 heterocycles. The van der Waals surface area contributed by atoms with Gasteiger partial charge in [-0.05, 0) is 187 Å². The third kappa shape index (κ3) is 20.9. The average molecular weight is 1730 g/mol. The zero-order valence-corrected chi connectivity index (χ0v) is 75.2. The van der Waals surface area contributed by atoms with E-state index in [0.29, 0.717) is 22.6 Å². The van der Waals surface area contributed by atoms with Gasteiger partial charge in [-0.15, -0.1) is 0 Å². The summed E-state index contributed by atoms with van der Waals surface area (Å²) in [5, 5.41) is 30.9. The lowest BCUT2D eigenvalue weighted by molar-refractivity contribution is -0.138. The van der Waals surface area contributed by atoms with Gasteiger partial charge >= 0.3 is 6.09 Å². The van der Waals surface area contributed by atoms with Crippen molar-refractivity contribution >= 4 is 93.0 Å². The standard InChI is InChI=1S/C88H111Cl2N9O19Si2/c1-46(2)36-62(99(12)85(108)116-86(3,4)5)80(103)97-75-77(117-119(18,19)87(6,7)8)50-27-34-64(58(89)38-50)114-67-40-52-41-68(71(67)91)115-65-35-28-51(39-59(65)90)78(118-120(20,21)88(9,10)11)76-84(107)93-61(45-100)56-42-55(111-15)43-66(113-17)70(56)57-37-49(26-33-63(57)112-16)73(81(104)98-76)96-82(105)74(52)95-79(102)60(92-83(75)106)44-69(101)94-72(47-22-29-53(109-13)30-23-47)48-24-31-54(110-14)32-25-48/h22-35,37-43,46,60-62,72-78,100H,36,44-45,91H2,1-21H3,(H,92,106)(H,93,107)(H,94,101)(H,95,102)(H,96,105)(H,97,103)(H,98,104)/t60-,61+,62+,73+,74+,75+,76-,77+,78+/m0/s1. The van der Waals surface area contributed by atoms with Crippen molar-refractivity contribution in [1.29, 1.82) is 0 Å². The Kier molecular flexibility index (Phi) is 28.4. The number of nitrogens with zero attached hydrogens (tertiary/aromatic N) is 1. The Hall–Kier alpha value is -10.6. The number of hydrogen-bond donors (Lipinski definition) is 9. The van der Waals surface area contributed by atoms with Gasteiger partial charge in [0.2, 0.25) is 41.4 Å². The molecule has 0 radical (unpaired) electrons. The first-order chi connectivity index (χ1) is 56.3. The predicted octanol–water partition coefficient (Wildman–Crippen LogP) is 14.2. The minimum absolute atomic E-state index is 0.0414. The lowest BCUT2D eigenvalue weighted by Gasteiger charge is -2.42. The van der Waals surface area contributed by atoms with Crippen molar-refractivity contribution in [1.82, 2.24) is 42.1 Å². The number of aliphatic hydroxyl groups is 1. The zero-order chi connectivity index (χ0) is 88.2. The van der Waals surface area contributed by atoms with Crippen LogP contribution >= 0.6 is 23.2 Å². The fourth-order valence-corrected chi connectivity index (χ4v) is 16.7. The molecule has 120 heavy (non-hydrogen) atoms. The highest BCUT2D eigenvalue weighted by molar-refractivity contribution is 6.74. The molecule has 32 heteroatoms. The Morgan fingerprint density at radius 2 is 1.04 bits per heavy atom. The SMILES string of the molecule is COc1ccc(C(NC(=O)C[C@@H]2NC(=O)[C@H](NC(=O)[C@@H](CC(C)C)N(C)C(=O)OC(C)(C)C)[C@H](O[Si](C)(C)C(C)(C)C)c3ccc(c(Cl)c3)Oc3cc4cc(c3N)Oc3ccc(cc3Cl)[C@@H](O[Si](C)(C)C(C)(C)C)[C@@H]3NC(=O)[C@H](NC(=O)[C@@H]4NC2=O)c2ccc(OC)c(c2)-c2c(OC)cc(OC)cc2[C@@H](CO)NC3=O)c2ccc(OC)cc2)cc1. The molecule has 0 aliphatic carbocycles. The monoisotopic (exact) mass is 1720 g/mol. The number of fused-ring (bicyclic) bond motifs is 15. The third-order valence-electron chi connectivity index (χ3n) is 22.4. The molecule has 0 aromatic heterocycles. The van der Waals surface area contributed by atoms with E-state index in [-0.39, 0.29) is 107 Å². The number of methoxy groups -OCH3 is 5. The molecule has 7 aromatic rings. The number of amides is 8. The smallest absolute Gasteiger partial charge is 0.410 e. The van der Waals surface area contributed by atoms with Gasteiger partial charge in [-0.25, -0.2) is 4.79 Å². The summed E-state index contributed by atoms with van der Waals surface area (Å²) in [4.78, 5) is 129. The topological polar surface area (TPSA) is 363 Å². The number of halogens is 2. The summed E-state index contributed by atoms with van der Waals surface area (Å²) in [6.07, 6.45) is -4.67. The second-order valence-electron chi connectivity index (χ2n) is 34.5. The van der Waals surface area contributed by atoms with E-state index in [1.807, 2.05) is 81.6 Å². The lowest BCUT2D eigenvalue weighted by Crippen LogP contribution is -2.61. The number of nitrogens with two attached hydrogens (primary N) is 1. The van der Waals surface area contributed by atoms with Gasteiger partial charge in [0.1, 0.15) is 87.8 Å². The van der Waals surface area contributed by atoms with Crippen molar-refractivity contribution in [2.45, 2.75) is 191 Å². The maximum Gasteiger partial charge on any atom is 0.410 e. The van der Waals surface area contributed by atoms with E-state index < -0.39 is 153 Å². The Labute approximate surface area is 712 Å². The van der Waals surface area contributed by atoms with Crippen molar-refractivity contribution in [3.05, 3.63) is 176 Å². The molecule has 644 valence electrons. The highest BCUT2D eigenvalue weighted by Crippen LogP contribution is 2.50. The largest absolute Gasteiger partial charge is 0.497 e. The second kappa shape index (κ2) is 37.2. The van der Waals surface area contributed by atoms with Crippen LogP contribution in [0.1, 0.15) is 164 Å². The van der Waals surface area contributed by atoms with Gasteiger partial charge in [0.25, 0.3) is 0 Å². The molecule has 7 aromatic carbocycles.